The molecule has 2 aromatic carbocycles. The van der Waals surface area contributed by atoms with Gasteiger partial charge in [-0.2, -0.15) is 18.3 Å². The van der Waals surface area contributed by atoms with Crippen molar-refractivity contribution in [2.75, 3.05) is 18.5 Å². The van der Waals surface area contributed by atoms with E-state index >= 15 is 0 Å². The molecule has 2 heterocycles. The van der Waals surface area contributed by atoms with Gasteiger partial charge in [0.25, 0.3) is 10.1 Å². The first-order valence-electron chi connectivity index (χ1n) is 15.3. The van der Waals surface area contributed by atoms with Gasteiger partial charge < -0.3 is 10.0 Å². The van der Waals surface area contributed by atoms with Gasteiger partial charge >= 0.3 is 5.97 Å². The second kappa shape index (κ2) is 12.0. The first kappa shape index (κ1) is 33.5. The zero-order valence-electron chi connectivity index (χ0n) is 27.0. The van der Waals surface area contributed by atoms with E-state index in [0.717, 1.165) is 17.0 Å². The smallest absolute Gasteiger partial charge is 0.303 e. The fourth-order valence-corrected chi connectivity index (χ4v) is 7.42. The molecule has 2 aromatic rings. The molecule has 0 fully saturated rings. The molecule has 5 rings (SSSR count). The molecule has 0 bridgehead atoms. The Morgan fingerprint density at radius 1 is 1.04 bits per heavy atom. The molecule has 0 amide bonds. The highest BCUT2D eigenvalue weighted by Crippen LogP contribution is 2.50. The molecule has 1 aliphatic carbocycles. The molecule has 0 aromatic heterocycles. The van der Waals surface area contributed by atoms with Gasteiger partial charge in [-0.15, -0.1) is 0 Å². The summed E-state index contributed by atoms with van der Waals surface area (Å²) in [5.41, 5.74) is 4.48. The summed E-state index contributed by atoms with van der Waals surface area (Å²) >= 11 is 0. The second-order valence-corrected chi connectivity index (χ2v) is 14.5. The summed E-state index contributed by atoms with van der Waals surface area (Å²) in [6.07, 6.45) is 5.29. The average molecular weight is 654 g/mol. The van der Waals surface area contributed by atoms with Crippen LogP contribution in [-0.4, -0.2) is 59.6 Å². The van der Waals surface area contributed by atoms with Gasteiger partial charge in [-0.3, -0.25) is 19.6 Å². The molecular formula is C36H37N4O6S+. The number of benzene rings is 2. The third-order valence-electron chi connectivity index (χ3n) is 9.45. The van der Waals surface area contributed by atoms with Crippen LogP contribution in [0.5, 0.6) is 0 Å². The summed E-state index contributed by atoms with van der Waals surface area (Å²) in [6, 6.07) is 14.4. The van der Waals surface area contributed by atoms with E-state index in [1.807, 2.05) is 60.7 Å². The van der Waals surface area contributed by atoms with Crippen molar-refractivity contribution >= 4 is 44.8 Å². The number of carbonyl (C=O) groups excluding carboxylic acids is 1. The highest BCUT2D eigenvalue weighted by atomic mass is 32.2. The summed E-state index contributed by atoms with van der Waals surface area (Å²) in [4.78, 5) is 26.8. The van der Waals surface area contributed by atoms with E-state index in [1.54, 1.807) is 18.2 Å². The van der Waals surface area contributed by atoms with Crippen LogP contribution in [0.2, 0.25) is 0 Å². The highest BCUT2D eigenvalue weighted by Gasteiger charge is 2.47. The molecule has 0 saturated carbocycles. The van der Waals surface area contributed by atoms with E-state index in [4.69, 9.17) is 10.5 Å². The van der Waals surface area contributed by atoms with E-state index in [-0.39, 0.29) is 28.2 Å². The van der Waals surface area contributed by atoms with Gasteiger partial charge in [0.2, 0.25) is 5.69 Å². The Morgan fingerprint density at radius 3 is 2.36 bits per heavy atom. The molecule has 0 saturated heterocycles. The summed E-state index contributed by atoms with van der Waals surface area (Å²) < 4.78 is 35.9. The molecular weight excluding hydrogens is 616 g/mol. The van der Waals surface area contributed by atoms with E-state index in [1.165, 1.54) is 12.1 Å². The number of para-hydroxylation sites is 1. The van der Waals surface area contributed by atoms with Crippen molar-refractivity contribution in [1.82, 2.24) is 0 Å². The Bertz CT molecular complexity index is 2070. The predicted octanol–water partition coefficient (Wildman–Crippen LogP) is 5.77. The minimum atomic E-state index is -4.49. The monoisotopic (exact) mass is 653 g/mol. The van der Waals surface area contributed by atoms with Crippen molar-refractivity contribution < 1.29 is 32.2 Å². The fourth-order valence-electron chi connectivity index (χ4n) is 6.92. The van der Waals surface area contributed by atoms with Crippen LogP contribution in [0, 0.1) is 16.7 Å². The molecule has 0 atom stereocenters. The number of carboxylic acids is 1. The minimum Gasteiger partial charge on any atom is -0.481 e. The number of unbranched alkanes of at least 4 members (excludes halogenated alkanes) is 2. The van der Waals surface area contributed by atoms with Gasteiger partial charge in [-0.05, 0) is 62.4 Å². The van der Waals surface area contributed by atoms with Gasteiger partial charge in [0.05, 0.1) is 10.3 Å². The van der Waals surface area contributed by atoms with Crippen LogP contribution in [0.1, 0.15) is 64.5 Å². The molecule has 47 heavy (non-hydrogen) atoms. The van der Waals surface area contributed by atoms with Crippen molar-refractivity contribution in [2.45, 2.75) is 69.1 Å². The van der Waals surface area contributed by atoms with Gasteiger partial charge in [-0.25, -0.2) is 0 Å². The van der Waals surface area contributed by atoms with Crippen LogP contribution < -0.4 is 4.90 Å². The number of carboxylic acid groups (broad SMARTS) is 1. The summed E-state index contributed by atoms with van der Waals surface area (Å²) in [6.45, 7) is 8.37. The molecule has 0 spiro atoms. The lowest BCUT2D eigenvalue weighted by Crippen LogP contribution is -2.32. The lowest BCUT2D eigenvalue weighted by molar-refractivity contribution is -0.401. The van der Waals surface area contributed by atoms with Crippen LogP contribution in [-0.2, 0) is 30.5 Å². The lowest BCUT2D eigenvalue weighted by Gasteiger charge is -2.30. The van der Waals surface area contributed by atoms with Crippen molar-refractivity contribution in [1.29, 1.82) is 10.7 Å². The minimum absolute atomic E-state index is 0.0470. The maximum Gasteiger partial charge on any atom is 0.303 e. The summed E-state index contributed by atoms with van der Waals surface area (Å²) in [5.74, 6) is 1.04. The number of fused-ring (bicyclic) bond motifs is 2. The van der Waals surface area contributed by atoms with Crippen molar-refractivity contribution in [3.05, 3.63) is 93.7 Å². The number of nitrogens with zero attached hydrogens (tertiary/aromatic N) is 3. The average Bonchev–Trinajstić information content (AvgIpc) is 3.34. The zero-order chi connectivity index (χ0) is 34.5. The van der Waals surface area contributed by atoms with Gasteiger partial charge in [-0.1, -0.05) is 38.5 Å². The molecule has 242 valence electrons. The predicted molar refractivity (Wildman–Crippen MR) is 178 cm³/mol. The molecule has 0 unspecified atom stereocenters. The van der Waals surface area contributed by atoms with Crippen molar-refractivity contribution in [3.8, 4) is 6.07 Å². The Morgan fingerprint density at radius 2 is 1.74 bits per heavy atom. The van der Waals surface area contributed by atoms with Crippen LogP contribution in [0.4, 0.5) is 11.4 Å². The number of Topliss-reactive ketones (excluding diaryl/α,β-unsaturated/α-hetero) is 1. The fraction of sp³-hybridized carbons (Fsp3) is 0.333. The Labute approximate surface area is 274 Å². The van der Waals surface area contributed by atoms with E-state index in [9.17, 15) is 27.8 Å². The van der Waals surface area contributed by atoms with Crippen LogP contribution >= 0.6 is 0 Å². The van der Waals surface area contributed by atoms with Gasteiger partial charge in [0.15, 0.2) is 11.5 Å². The van der Waals surface area contributed by atoms with E-state index < -0.39 is 26.9 Å². The van der Waals surface area contributed by atoms with Gasteiger partial charge in [0, 0.05) is 64.2 Å². The molecule has 2 aliphatic heterocycles. The van der Waals surface area contributed by atoms with E-state index in [2.05, 4.69) is 19.7 Å². The van der Waals surface area contributed by atoms with Crippen molar-refractivity contribution in [2.24, 2.45) is 0 Å². The number of allylic oxidation sites excluding steroid dienone is 7. The van der Waals surface area contributed by atoms with Crippen LogP contribution in [0.15, 0.2) is 87.5 Å². The molecule has 3 N–H and O–H groups in total. The number of anilines is 1. The number of hydrogen-bond acceptors (Lipinski definition) is 7. The third kappa shape index (κ3) is 5.69. The summed E-state index contributed by atoms with van der Waals surface area (Å²) in [7, 11) is -2.56. The first-order valence-corrected chi connectivity index (χ1v) is 16.7. The lowest BCUT2D eigenvalue weighted by atomic mass is 9.73. The molecule has 0 radical (unpaired) electrons. The number of ketones is 1. The normalized spacial score (nSPS) is 19.4. The standard InChI is InChI=1S/C36H36N4O6S/c1-35(2)26-11-8-9-12-28(26)39(5)30(35)18-24-33(22(20-37)21-38)25(34(24)43)19-31-36(3,4)27-17-23(47(44,45)46)14-15-29(27)40(31)16-10-6-7-13-32(41)42/h8-9,11-12,14-15,17-19,37H,6-7,10,13,16H2,1-5H3,(H-,41,42,44,45,46)/p+1. The SMILES string of the molecule is C[N+]1=C(/C=C2\C(=O)C(/C=C3/N(CCCCCC(=O)O)c4ccc(S(=O)(=O)O)cc4C3(C)C)=C2C(=C=N)C#N)C(C)(C)c2ccccc21. The quantitative estimate of drug-likeness (QED) is 0.0727. The topological polar surface area (TPSA) is 163 Å². The molecule has 10 nitrogen and oxygen atoms in total. The highest BCUT2D eigenvalue weighted by molar-refractivity contribution is 7.85. The van der Waals surface area contributed by atoms with Crippen LogP contribution in [0.3, 0.4) is 0 Å². The number of carbonyl (C=O) groups is 2. The van der Waals surface area contributed by atoms with E-state index in [0.29, 0.717) is 53.9 Å². The van der Waals surface area contributed by atoms with Crippen LogP contribution in [0.25, 0.3) is 0 Å². The number of nitriles is 1. The Hall–Kier alpha value is -4.88. The molecule has 11 heteroatoms. The Balaban J connectivity index is 1.65. The summed E-state index contributed by atoms with van der Waals surface area (Å²) in [5, 5.41) is 26.9. The Kier molecular flexibility index (Phi) is 8.58. The van der Waals surface area contributed by atoms with Crippen molar-refractivity contribution in [3.63, 3.8) is 0 Å². The maximum absolute atomic E-state index is 14.0. The molecule has 3 aliphatic rings. The number of aliphatic carboxylic acids is 1. The zero-order valence-corrected chi connectivity index (χ0v) is 27.8. The second-order valence-electron chi connectivity index (χ2n) is 13.0. The third-order valence-corrected chi connectivity index (χ3v) is 10.3. The van der Waals surface area contributed by atoms with Gasteiger partial charge in [0.1, 0.15) is 18.7 Å². The number of rotatable bonds is 10. The largest absolute Gasteiger partial charge is 0.481 e. The number of nitrogens with one attached hydrogen (secondary N) is 1. The number of hydrogen-bond donors (Lipinski definition) is 3. The first-order chi connectivity index (χ1) is 22.0. The maximum atomic E-state index is 14.0.